The van der Waals surface area contributed by atoms with Crippen molar-refractivity contribution in [3.63, 3.8) is 0 Å². The summed E-state index contributed by atoms with van der Waals surface area (Å²) >= 11 is 0. The van der Waals surface area contributed by atoms with Crippen LogP contribution in [-0.2, 0) is 33.8 Å². The van der Waals surface area contributed by atoms with Crippen molar-refractivity contribution in [2.75, 3.05) is 134 Å². The van der Waals surface area contributed by atoms with E-state index in [9.17, 15) is 27.6 Å². The molecule has 448 valence electrons. The van der Waals surface area contributed by atoms with E-state index in [1.54, 1.807) is 38.0 Å². The summed E-state index contributed by atoms with van der Waals surface area (Å²) in [5, 5.41) is 7.50. The van der Waals surface area contributed by atoms with Crippen LogP contribution in [0.5, 0.6) is 5.75 Å². The number of aryl methyl sites for hydroxylation is 2. The van der Waals surface area contributed by atoms with Gasteiger partial charge in [0.05, 0.1) is 18.6 Å². The largest absolute Gasteiger partial charge is 0.497 e. The minimum Gasteiger partial charge on any atom is -0.497 e. The molecule has 3 atom stereocenters. The number of nitrogens with zero attached hydrogens (tertiary/aromatic N) is 7. The van der Waals surface area contributed by atoms with Crippen molar-refractivity contribution >= 4 is 33.9 Å². The van der Waals surface area contributed by atoms with Gasteiger partial charge in [-0.1, -0.05) is 0 Å². The summed E-state index contributed by atoms with van der Waals surface area (Å²) in [6, 6.07) is 5.42. The van der Waals surface area contributed by atoms with Gasteiger partial charge < -0.3 is 64.7 Å². The van der Waals surface area contributed by atoms with E-state index in [-0.39, 0.29) is 48.8 Å². The van der Waals surface area contributed by atoms with Gasteiger partial charge in [-0.15, -0.1) is 0 Å². The fourth-order valence-corrected chi connectivity index (χ4v) is 12.0. The number of nitrogens with one attached hydrogen (secondary N) is 2. The van der Waals surface area contributed by atoms with E-state index in [4.69, 9.17) is 24.7 Å². The van der Waals surface area contributed by atoms with Gasteiger partial charge in [-0.3, -0.25) is 9.59 Å². The van der Waals surface area contributed by atoms with Crippen LogP contribution in [0.3, 0.4) is 0 Å². The smallest absolute Gasteiger partial charge is 0.410 e. The molecule has 6 saturated heterocycles. The Hall–Kier alpha value is -3.67. The number of nitrogens with two attached hydrogens (primary N) is 1. The Morgan fingerprint density at radius 2 is 1.06 bits per heavy atom. The van der Waals surface area contributed by atoms with Crippen LogP contribution in [0.1, 0.15) is 130 Å². The molecule has 20 nitrogen and oxygen atoms in total. The van der Waals surface area contributed by atoms with Crippen LogP contribution < -0.4 is 21.1 Å². The summed E-state index contributed by atoms with van der Waals surface area (Å²) in [7, 11) is 5.80. The van der Waals surface area contributed by atoms with Gasteiger partial charge in [0.25, 0.3) is 0 Å². The van der Waals surface area contributed by atoms with E-state index in [0.29, 0.717) is 59.9 Å². The van der Waals surface area contributed by atoms with Gasteiger partial charge in [0, 0.05) is 109 Å². The van der Waals surface area contributed by atoms with Crippen molar-refractivity contribution in [2.45, 2.75) is 179 Å². The molecule has 21 heteroatoms. The Kier molecular flexibility index (Phi) is 27.5. The highest BCUT2D eigenvalue weighted by Crippen LogP contribution is 2.28. The SMILES string of the molecule is CC(C)(C)OC(=O)N1CCC[C@H](N)C1.CN1CCC(=O)CC1.CN1CCC(N[C@H]2CCCN(C(=O)OC(C)(C)C)C2)CC1.COc1cc(C)c(S(=O)(=O)N(C)CCOCC(=O)N2CCC[C@H](NC3CCN(C)CC3)C2)c(C)c1. The molecule has 1 aromatic carbocycles. The summed E-state index contributed by atoms with van der Waals surface area (Å²) < 4.78 is 49.1. The fraction of sp³-hybridized carbons (Fsp3) is 0.825. The van der Waals surface area contributed by atoms with Crippen LogP contribution in [-0.4, -0.2) is 241 Å². The number of carbonyl (C=O) groups is 4. The number of likely N-dealkylation sites (N-methyl/N-ethyl adjacent to an activating group) is 1. The minimum atomic E-state index is -3.68. The minimum absolute atomic E-state index is 0.0323. The number of ether oxygens (including phenoxy) is 4. The van der Waals surface area contributed by atoms with E-state index < -0.39 is 21.2 Å². The van der Waals surface area contributed by atoms with Crippen LogP contribution in [0.4, 0.5) is 9.59 Å². The lowest BCUT2D eigenvalue weighted by atomic mass is 10.0. The third-order valence-electron chi connectivity index (χ3n) is 15.0. The molecule has 4 N–H and O–H groups in total. The number of hydrogen-bond acceptors (Lipinski definition) is 16. The molecule has 0 aliphatic carbocycles. The van der Waals surface area contributed by atoms with Gasteiger partial charge in [-0.2, -0.15) is 4.31 Å². The molecule has 0 spiro atoms. The maximum Gasteiger partial charge on any atom is 0.410 e. The first kappa shape index (κ1) is 66.8. The summed E-state index contributed by atoms with van der Waals surface area (Å²) in [4.78, 5) is 59.7. The van der Waals surface area contributed by atoms with Crippen LogP contribution in [0.15, 0.2) is 17.0 Å². The Morgan fingerprint density at radius 3 is 1.50 bits per heavy atom. The lowest BCUT2D eigenvalue weighted by Crippen LogP contribution is -2.53. The van der Waals surface area contributed by atoms with Gasteiger partial charge in [-0.25, -0.2) is 18.0 Å². The number of ketones is 1. The predicted molar refractivity (Wildman–Crippen MR) is 308 cm³/mol. The number of methoxy groups -OCH3 is 1. The molecule has 6 aliphatic heterocycles. The molecule has 0 aromatic heterocycles. The number of Topliss-reactive ketones (excluding diaryl/α,β-unsaturated/α-hetero) is 1. The monoisotopic (exact) mass is 1120 g/mol. The molecule has 78 heavy (non-hydrogen) atoms. The van der Waals surface area contributed by atoms with E-state index in [0.717, 1.165) is 117 Å². The quantitative estimate of drug-likeness (QED) is 0.226. The average Bonchev–Trinajstić information content (AvgIpc) is 3.40. The first-order valence-corrected chi connectivity index (χ1v) is 30.3. The zero-order valence-electron chi connectivity index (χ0n) is 50.3. The number of hydrogen-bond donors (Lipinski definition) is 3. The molecule has 1 aromatic rings. The van der Waals surface area contributed by atoms with Crippen LogP contribution in [0, 0.1) is 13.8 Å². The second kappa shape index (κ2) is 32.1. The standard InChI is InChI=1S/C25H42N4O5S.C16H31N3O2.C10H20N2O2.C6H11NO/c1-19-15-23(33-5)16-20(2)25(19)35(31,32)28(4)13-14-34-18-24(30)29-10-6-7-22(17-29)26-21-8-11-27(3)12-9-21;1-16(2,3)21-15(20)19-9-5-6-14(12-19)17-13-7-10-18(4)11-8-13;1-10(2,3)14-9(13)12-6-4-5-8(11)7-12;1-7-4-2-6(8)3-5-7/h15-16,21-22,26H,6-14,17-18H2,1-5H3;13-14,17H,5-12H2,1-4H3;8H,4-7,11H2,1-3H3;2-5H2,1H3/t22-;14-;8-;/m000./s1. The zero-order valence-corrected chi connectivity index (χ0v) is 51.1. The second-order valence-electron chi connectivity index (χ2n) is 24.6. The van der Waals surface area contributed by atoms with Crippen molar-refractivity contribution in [3.8, 4) is 5.75 Å². The fourth-order valence-electron chi connectivity index (χ4n) is 10.5. The summed E-state index contributed by atoms with van der Waals surface area (Å²) in [5.74, 6) is 1.01. The number of benzene rings is 1. The molecule has 0 unspecified atom stereocenters. The van der Waals surface area contributed by atoms with Gasteiger partial charge >= 0.3 is 12.2 Å². The molecule has 0 bridgehead atoms. The van der Waals surface area contributed by atoms with E-state index >= 15 is 0 Å². The highest BCUT2D eigenvalue weighted by Gasteiger charge is 2.32. The Morgan fingerprint density at radius 1 is 0.641 bits per heavy atom. The second-order valence-corrected chi connectivity index (χ2v) is 26.6. The van der Waals surface area contributed by atoms with E-state index in [2.05, 4.69) is 39.4 Å². The topological polar surface area (TPSA) is 212 Å². The first-order valence-electron chi connectivity index (χ1n) is 28.9. The summed E-state index contributed by atoms with van der Waals surface area (Å²) in [5.41, 5.74) is 6.22. The first-order chi connectivity index (χ1) is 36.6. The number of carbonyl (C=O) groups excluding carboxylic acids is 4. The Bertz CT molecular complexity index is 2090. The average molecular weight is 1120 g/mol. The molecule has 6 heterocycles. The van der Waals surface area contributed by atoms with Gasteiger partial charge in [0.15, 0.2) is 0 Å². The van der Waals surface area contributed by atoms with Crippen LogP contribution in [0.25, 0.3) is 0 Å². The van der Waals surface area contributed by atoms with Crippen molar-refractivity contribution in [2.24, 2.45) is 5.73 Å². The lowest BCUT2D eigenvalue weighted by molar-refractivity contribution is -0.137. The van der Waals surface area contributed by atoms with Gasteiger partial charge in [0.2, 0.25) is 15.9 Å². The van der Waals surface area contributed by atoms with E-state index in [1.807, 2.05) is 58.4 Å². The van der Waals surface area contributed by atoms with Crippen LogP contribution in [0.2, 0.25) is 0 Å². The van der Waals surface area contributed by atoms with Crippen molar-refractivity contribution in [1.29, 1.82) is 0 Å². The van der Waals surface area contributed by atoms with Gasteiger partial charge in [-0.05, 0) is 190 Å². The summed E-state index contributed by atoms with van der Waals surface area (Å²) in [6.45, 7) is 26.1. The number of sulfonamides is 1. The molecular weight excluding hydrogens is 1020 g/mol. The lowest BCUT2D eigenvalue weighted by Gasteiger charge is -2.38. The molecule has 0 saturated carbocycles. The molecule has 0 radical (unpaired) electrons. The number of amides is 3. The Labute approximate surface area is 470 Å². The number of likely N-dealkylation sites (tertiary alicyclic amines) is 6. The summed E-state index contributed by atoms with van der Waals surface area (Å²) in [6.07, 6.45) is 12.1. The third-order valence-corrected chi connectivity index (χ3v) is 17.2. The maximum atomic E-state index is 13.1. The third kappa shape index (κ3) is 24.2. The van der Waals surface area contributed by atoms with Crippen molar-refractivity contribution in [3.05, 3.63) is 23.3 Å². The maximum absolute atomic E-state index is 13.1. The number of rotatable bonds is 12. The van der Waals surface area contributed by atoms with Gasteiger partial charge in [0.1, 0.15) is 29.3 Å². The molecule has 7 rings (SSSR count). The van der Waals surface area contributed by atoms with E-state index in [1.165, 1.54) is 37.3 Å². The predicted octanol–water partition coefficient (Wildman–Crippen LogP) is 5.32. The Balaban J connectivity index is 0.000000256. The van der Waals surface area contributed by atoms with Crippen LogP contribution >= 0.6 is 0 Å². The molecule has 6 aliphatic rings. The highest BCUT2D eigenvalue weighted by atomic mass is 32.2. The normalized spacial score (nSPS) is 22.8. The zero-order chi connectivity index (χ0) is 57.8. The highest BCUT2D eigenvalue weighted by molar-refractivity contribution is 7.89. The molecule has 6 fully saturated rings. The van der Waals surface area contributed by atoms with Crippen molar-refractivity contribution in [1.82, 2.24) is 44.3 Å². The molecule has 3 amide bonds. The van der Waals surface area contributed by atoms with Crippen molar-refractivity contribution < 1.29 is 46.5 Å². The number of piperidine rings is 6. The molecular formula is C57H104N10O10S.